The largest absolute Gasteiger partial charge is 0.344 e. The molecule has 2 amide bonds. The summed E-state index contributed by atoms with van der Waals surface area (Å²) in [5.74, 6) is 1.23. The maximum absolute atomic E-state index is 12.2. The summed E-state index contributed by atoms with van der Waals surface area (Å²) in [6.07, 6.45) is 5.60. The Labute approximate surface area is 120 Å². The number of carbonyl (C=O) groups is 2. The maximum atomic E-state index is 12.2. The standard InChI is InChI=1S/C14H13BrN2O2/c1-2-7-16-13(18)12-6-8-17(14(12)19)11-5-3-4-10(15)9-11/h1,3-5,9,12H,6-8H2,(H,16,18). The van der Waals surface area contributed by atoms with Crippen LogP contribution in [0.4, 0.5) is 5.69 Å². The molecule has 0 bridgehead atoms. The molecule has 1 aromatic carbocycles. The van der Waals surface area contributed by atoms with Gasteiger partial charge in [0, 0.05) is 16.7 Å². The predicted molar refractivity (Wildman–Crippen MR) is 76.4 cm³/mol. The topological polar surface area (TPSA) is 49.4 Å². The zero-order valence-corrected chi connectivity index (χ0v) is 11.8. The number of benzene rings is 1. The molecule has 1 heterocycles. The van der Waals surface area contributed by atoms with Crippen molar-refractivity contribution < 1.29 is 9.59 Å². The van der Waals surface area contributed by atoms with Crippen LogP contribution in [0.3, 0.4) is 0 Å². The van der Waals surface area contributed by atoms with E-state index in [1.165, 1.54) is 0 Å². The van der Waals surface area contributed by atoms with Crippen LogP contribution in [-0.2, 0) is 9.59 Å². The third kappa shape index (κ3) is 2.96. The molecule has 5 heteroatoms. The van der Waals surface area contributed by atoms with Crippen molar-refractivity contribution >= 4 is 33.4 Å². The van der Waals surface area contributed by atoms with Gasteiger partial charge < -0.3 is 10.2 Å². The quantitative estimate of drug-likeness (QED) is 0.678. The fraction of sp³-hybridized carbons (Fsp3) is 0.286. The lowest BCUT2D eigenvalue weighted by Crippen LogP contribution is -2.37. The van der Waals surface area contributed by atoms with Gasteiger partial charge >= 0.3 is 0 Å². The Bertz CT molecular complexity index is 551. The number of halogens is 1. The predicted octanol–water partition coefficient (Wildman–Crippen LogP) is 1.55. The first kappa shape index (κ1) is 13.6. The van der Waals surface area contributed by atoms with Crippen LogP contribution in [0.1, 0.15) is 6.42 Å². The summed E-state index contributed by atoms with van der Waals surface area (Å²) in [6.45, 7) is 0.697. The van der Waals surface area contributed by atoms with E-state index in [1.807, 2.05) is 24.3 Å². The van der Waals surface area contributed by atoms with Gasteiger partial charge in [0.15, 0.2) is 0 Å². The Morgan fingerprint density at radius 2 is 2.37 bits per heavy atom. The smallest absolute Gasteiger partial charge is 0.239 e. The summed E-state index contributed by atoms with van der Waals surface area (Å²) in [7, 11) is 0. The molecule has 1 aromatic rings. The summed E-state index contributed by atoms with van der Waals surface area (Å²) in [4.78, 5) is 25.6. The van der Waals surface area contributed by atoms with E-state index in [0.29, 0.717) is 13.0 Å². The number of nitrogens with one attached hydrogen (secondary N) is 1. The molecule has 1 saturated heterocycles. The van der Waals surface area contributed by atoms with Crippen LogP contribution in [-0.4, -0.2) is 24.9 Å². The molecule has 1 aliphatic rings. The minimum atomic E-state index is -0.632. The van der Waals surface area contributed by atoms with Gasteiger partial charge in [-0.1, -0.05) is 27.9 Å². The molecule has 0 spiro atoms. The van der Waals surface area contributed by atoms with Crippen molar-refractivity contribution in [3.63, 3.8) is 0 Å². The summed E-state index contributed by atoms with van der Waals surface area (Å²) in [5.41, 5.74) is 0.798. The number of terminal acetylenes is 1. The Hall–Kier alpha value is -1.80. The number of anilines is 1. The Balaban J connectivity index is 2.10. The highest BCUT2D eigenvalue weighted by Crippen LogP contribution is 2.27. The molecule has 1 unspecified atom stereocenters. The molecule has 1 fully saturated rings. The molecule has 0 aromatic heterocycles. The minimum Gasteiger partial charge on any atom is -0.344 e. The van der Waals surface area contributed by atoms with Crippen molar-refractivity contribution in [3.05, 3.63) is 28.7 Å². The number of carbonyl (C=O) groups excluding carboxylic acids is 2. The van der Waals surface area contributed by atoms with Gasteiger partial charge in [0.25, 0.3) is 0 Å². The van der Waals surface area contributed by atoms with Crippen molar-refractivity contribution in [1.29, 1.82) is 0 Å². The molecular weight excluding hydrogens is 308 g/mol. The molecule has 19 heavy (non-hydrogen) atoms. The van der Waals surface area contributed by atoms with Gasteiger partial charge in [0.05, 0.1) is 6.54 Å². The first-order valence-corrected chi connectivity index (χ1v) is 6.71. The highest BCUT2D eigenvalue weighted by Gasteiger charge is 2.37. The molecule has 1 N–H and O–H groups in total. The van der Waals surface area contributed by atoms with E-state index in [9.17, 15) is 9.59 Å². The van der Waals surface area contributed by atoms with Gasteiger partial charge in [-0.15, -0.1) is 6.42 Å². The van der Waals surface area contributed by atoms with E-state index in [1.54, 1.807) is 4.90 Å². The number of nitrogens with zero attached hydrogens (tertiary/aromatic N) is 1. The Morgan fingerprint density at radius 3 is 3.05 bits per heavy atom. The first-order chi connectivity index (χ1) is 9.13. The van der Waals surface area contributed by atoms with Crippen LogP contribution in [0.15, 0.2) is 28.7 Å². The van der Waals surface area contributed by atoms with Crippen molar-refractivity contribution in [1.82, 2.24) is 5.32 Å². The van der Waals surface area contributed by atoms with E-state index < -0.39 is 5.92 Å². The first-order valence-electron chi connectivity index (χ1n) is 5.91. The second-order valence-electron chi connectivity index (χ2n) is 4.23. The second kappa shape index (κ2) is 5.89. The molecule has 4 nitrogen and oxygen atoms in total. The number of amides is 2. The Kier molecular flexibility index (Phi) is 4.23. The highest BCUT2D eigenvalue weighted by molar-refractivity contribution is 9.10. The maximum Gasteiger partial charge on any atom is 0.239 e. The van der Waals surface area contributed by atoms with Gasteiger partial charge in [0.2, 0.25) is 11.8 Å². The van der Waals surface area contributed by atoms with E-state index >= 15 is 0 Å². The second-order valence-corrected chi connectivity index (χ2v) is 5.15. The molecular formula is C14H13BrN2O2. The third-order valence-corrected chi connectivity index (χ3v) is 3.50. The van der Waals surface area contributed by atoms with E-state index in [0.717, 1.165) is 10.2 Å². The van der Waals surface area contributed by atoms with Crippen LogP contribution < -0.4 is 10.2 Å². The fourth-order valence-electron chi connectivity index (χ4n) is 2.08. The molecule has 98 valence electrons. The van der Waals surface area contributed by atoms with E-state index in [-0.39, 0.29) is 18.4 Å². The molecule has 0 aliphatic carbocycles. The van der Waals surface area contributed by atoms with Gasteiger partial charge in [-0.2, -0.15) is 0 Å². The van der Waals surface area contributed by atoms with E-state index in [4.69, 9.17) is 6.42 Å². The van der Waals surface area contributed by atoms with Crippen LogP contribution in [0, 0.1) is 18.3 Å². The van der Waals surface area contributed by atoms with Crippen LogP contribution in [0.25, 0.3) is 0 Å². The molecule has 0 saturated carbocycles. The van der Waals surface area contributed by atoms with E-state index in [2.05, 4.69) is 27.2 Å². The average molecular weight is 321 g/mol. The lowest BCUT2D eigenvalue weighted by Gasteiger charge is -2.16. The van der Waals surface area contributed by atoms with Crippen molar-refractivity contribution in [2.75, 3.05) is 18.0 Å². The van der Waals surface area contributed by atoms with Crippen molar-refractivity contribution in [2.45, 2.75) is 6.42 Å². The van der Waals surface area contributed by atoms with Crippen LogP contribution >= 0.6 is 15.9 Å². The van der Waals surface area contributed by atoms with Gasteiger partial charge in [-0.25, -0.2) is 0 Å². The van der Waals surface area contributed by atoms with Gasteiger partial charge in [-0.05, 0) is 24.6 Å². The lowest BCUT2D eigenvalue weighted by atomic mass is 10.1. The van der Waals surface area contributed by atoms with Crippen molar-refractivity contribution in [2.24, 2.45) is 5.92 Å². The zero-order valence-electron chi connectivity index (χ0n) is 10.2. The molecule has 1 atom stereocenters. The zero-order chi connectivity index (χ0) is 13.8. The summed E-state index contributed by atoms with van der Waals surface area (Å²) in [5, 5.41) is 2.56. The number of rotatable bonds is 3. The van der Waals surface area contributed by atoms with Crippen molar-refractivity contribution in [3.8, 4) is 12.3 Å². The average Bonchev–Trinajstić information content (AvgIpc) is 2.78. The molecule has 1 aliphatic heterocycles. The molecule has 2 rings (SSSR count). The van der Waals surface area contributed by atoms with Crippen LogP contribution in [0.2, 0.25) is 0 Å². The lowest BCUT2D eigenvalue weighted by molar-refractivity contribution is -0.131. The SMILES string of the molecule is C#CCNC(=O)C1CCN(c2cccc(Br)c2)C1=O. The molecule has 0 radical (unpaired) electrons. The number of hydrogen-bond donors (Lipinski definition) is 1. The van der Waals surface area contributed by atoms with Crippen LogP contribution in [0.5, 0.6) is 0 Å². The minimum absolute atomic E-state index is 0.152. The normalized spacial score (nSPS) is 18.2. The monoisotopic (exact) mass is 320 g/mol. The third-order valence-electron chi connectivity index (χ3n) is 3.01. The Morgan fingerprint density at radius 1 is 1.58 bits per heavy atom. The summed E-state index contributed by atoms with van der Waals surface area (Å²) >= 11 is 3.37. The van der Waals surface area contributed by atoms with Gasteiger partial charge in [0.1, 0.15) is 5.92 Å². The number of hydrogen-bond acceptors (Lipinski definition) is 2. The summed E-state index contributed by atoms with van der Waals surface area (Å²) < 4.78 is 0.901. The summed E-state index contributed by atoms with van der Waals surface area (Å²) in [6, 6.07) is 7.46. The fourth-order valence-corrected chi connectivity index (χ4v) is 2.47. The van der Waals surface area contributed by atoms with Gasteiger partial charge in [-0.3, -0.25) is 9.59 Å². The highest BCUT2D eigenvalue weighted by atomic mass is 79.9.